The van der Waals surface area contributed by atoms with Crippen LogP contribution in [0.25, 0.3) is 0 Å². The van der Waals surface area contributed by atoms with E-state index in [4.69, 9.17) is 0 Å². The molecule has 0 aliphatic heterocycles. The Balaban J connectivity index is 3.25. The van der Waals surface area contributed by atoms with E-state index in [1.54, 1.807) is 12.3 Å². The minimum Gasteiger partial charge on any atom is -0.476 e. The molecule has 1 heterocycles. The molecule has 5 nitrogen and oxygen atoms in total. The van der Waals surface area contributed by atoms with E-state index in [9.17, 15) is 9.90 Å². The molecule has 0 fully saturated rings. The summed E-state index contributed by atoms with van der Waals surface area (Å²) in [6, 6.07) is 0. The molecule has 0 aliphatic rings. The zero-order valence-corrected chi connectivity index (χ0v) is 11.1. The van der Waals surface area contributed by atoms with Crippen LogP contribution in [0.1, 0.15) is 43.0 Å². The highest BCUT2D eigenvalue weighted by molar-refractivity contribution is 5.92. The van der Waals surface area contributed by atoms with Gasteiger partial charge in [-0.15, -0.1) is 6.58 Å². The maximum atomic E-state index is 11.3. The van der Waals surface area contributed by atoms with Crippen LogP contribution in [0, 0.1) is 0 Å². The second-order valence-electron chi connectivity index (χ2n) is 4.25. The Kier molecular flexibility index (Phi) is 4.83. The van der Waals surface area contributed by atoms with Crippen LogP contribution in [0.5, 0.6) is 0 Å². The zero-order valence-electron chi connectivity index (χ0n) is 11.1. The first kappa shape index (κ1) is 14.2. The summed E-state index contributed by atoms with van der Waals surface area (Å²) in [4.78, 5) is 21.5. The monoisotopic (exact) mass is 249 g/mol. The molecule has 1 aromatic rings. The van der Waals surface area contributed by atoms with Gasteiger partial charge in [0.1, 0.15) is 5.82 Å². The number of hydrogen-bond acceptors (Lipinski definition) is 4. The molecule has 0 amide bonds. The van der Waals surface area contributed by atoms with Gasteiger partial charge in [0.15, 0.2) is 5.69 Å². The van der Waals surface area contributed by atoms with E-state index in [0.29, 0.717) is 24.6 Å². The lowest BCUT2D eigenvalue weighted by atomic mass is 10.2. The molecule has 0 unspecified atom stereocenters. The molecule has 0 atom stereocenters. The number of aromatic nitrogens is 2. The number of anilines is 1. The van der Waals surface area contributed by atoms with E-state index in [1.165, 1.54) is 0 Å². The van der Waals surface area contributed by atoms with Crippen LogP contribution in [0.4, 0.5) is 5.69 Å². The average molecular weight is 249 g/mol. The van der Waals surface area contributed by atoms with Crippen LogP contribution in [0.15, 0.2) is 18.9 Å². The minimum atomic E-state index is -1.03. The highest BCUT2D eigenvalue weighted by Gasteiger charge is 2.18. The minimum absolute atomic E-state index is 0.0531. The third-order valence-corrected chi connectivity index (χ3v) is 2.58. The Bertz CT molecular complexity index is 444. The number of likely N-dealkylation sites (N-methyl/N-ethyl adjacent to an activating group) is 1. The Morgan fingerprint density at radius 3 is 2.72 bits per heavy atom. The molecule has 0 aromatic carbocycles. The second-order valence-corrected chi connectivity index (χ2v) is 4.25. The number of rotatable bonds is 6. The molecule has 18 heavy (non-hydrogen) atoms. The summed E-state index contributed by atoms with van der Waals surface area (Å²) in [5.74, 6) is -0.380. The van der Waals surface area contributed by atoms with E-state index in [2.05, 4.69) is 16.5 Å². The van der Waals surface area contributed by atoms with Gasteiger partial charge in [-0.1, -0.05) is 19.9 Å². The molecule has 1 N–H and O–H groups in total. The van der Waals surface area contributed by atoms with E-state index in [-0.39, 0.29) is 11.6 Å². The van der Waals surface area contributed by atoms with Crippen LogP contribution in [0.3, 0.4) is 0 Å². The van der Waals surface area contributed by atoms with Crippen LogP contribution >= 0.6 is 0 Å². The summed E-state index contributed by atoms with van der Waals surface area (Å²) in [7, 11) is 0. The van der Waals surface area contributed by atoms with Gasteiger partial charge >= 0.3 is 5.97 Å². The molecule has 0 bridgehead atoms. The van der Waals surface area contributed by atoms with Gasteiger partial charge in [0.25, 0.3) is 0 Å². The molecule has 1 aromatic heterocycles. The predicted molar refractivity (Wildman–Crippen MR) is 71.2 cm³/mol. The number of carbonyl (C=O) groups is 1. The first-order valence-electron chi connectivity index (χ1n) is 5.97. The average Bonchev–Trinajstić information content (AvgIpc) is 2.35. The van der Waals surface area contributed by atoms with Crippen molar-refractivity contribution in [3.05, 3.63) is 30.4 Å². The van der Waals surface area contributed by atoms with Crippen molar-refractivity contribution in [1.82, 2.24) is 9.97 Å². The first-order chi connectivity index (χ1) is 8.51. The van der Waals surface area contributed by atoms with Crippen molar-refractivity contribution in [2.24, 2.45) is 0 Å². The molecule has 0 aliphatic carbocycles. The molecule has 0 radical (unpaired) electrons. The molecular weight excluding hydrogens is 230 g/mol. The van der Waals surface area contributed by atoms with Crippen molar-refractivity contribution in [2.45, 2.75) is 26.7 Å². The van der Waals surface area contributed by atoms with Crippen molar-refractivity contribution >= 4 is 11.7 Å². The lowest BCUT2D eigenvalue weighted by molar-refractivity contribution is 0.0690. The Labute approximate surface area is 107 Å². The highest BCUT2D eigenvalue weighted by Crippen LogP contribution is 2.20. The number of hydrogen-bond donors (Lipinski definition) is 1. The summed E-state index contributed by atoms with van der Waals surface area (Å²) in [5.41, 5.74) is 0.590. The maximum Gasteiger partial charge on any atom is 0.356 e. The van der Waals surface area contributed by atoms with Gasteiger partial charge < -0.3 is 10.0 Å². The lowest BCUT2D eigenvalue weighted by Crippen LogP contribution is -2.26. The van der Waals surface area contributed by atoms with Crippen molar-refractivity contribution < 1.29 is 9.90 Å². The van der Waals surface area contributed by atoms with Crippen LogP contribution in [-0.2, 0) is 0 Å². The summed E-state index contributed by atoms with van der Waals surface area (Å²) in [6.45, 7) is 10.7. The molecule has 1 rings (SSSR count). The molecule has 5 heteroatoms. The van der Waals surface area contributed by atoms with Gasteiger partial charge in [-0.05, 0) is 6.92 Å². The lowest BCUT2D eigenvalue weighted by Gasteiger charge is -2.22. The van der Waals surface area contributed by atoms with Gasteiger partial charge in [-0.25, -0.2) is 14.8 Å². The smallest absolute Gasteiger partial charge is 0.356 e. The fraction of sp³-hybridized carbons (Fsp3) is 0.462. The van der Waals surface area contributed by atoms with Gasteiger partial charge in [-0.3, -0.25) is 0 Å². The largest absolute Gasteiger partial charge is 0.476 e. The number of nitrogens with zero attached hydrogens (tertiary/aromatic N) is 3. The number of carboxylic acids is 1. The van der Waals surface area contributed by atoms with Crippen molar-refractivity contribution in [3.63, 3.8) is 0 Å². The van der Waals surface area contributed by atoms with Crippen molar-refractivity contribution in [3.8, 4) is 0 Å². The summed E-state index contributed by atoms with van der Waals surface area (Å²) in [5, 5.41) is 9.24. The van der Waals surface area contributed by atoms with E-state index < -0.39 is 5.97 Å². The topological polar surface area (TPSA) is 66.3 Å². The fourth-order valence-electron chi connectivity index (χ4n) is 1.61. The van der Waals surface area contributed by atoms with E-state index in [1.807, 2.05) is 25.7 Å². The normalized spacial score (nSPS) is 10.4. The summed E-state index contributed by atoms with van der Waals surface area (Å²) < 4.78 is 0. The van der Waals surface area contributed by atoms with E-state index in [0.717, 1.165) is 0 Å². The zero-order chi connectivity index (χ0) is 13.7. The predicted octanol–water partition coefficient (Wildman–Crippen LogP) is 2.31. The standard InChI is InChI=1S/C13H19N3O2/c1-5-7-16(6-2)10-8-14-12(9(3)4)15-11(10)13(17)18/h5,8-9H,1,6-7H2,2-4H3,(H,17,18). The summed E-state index contributed by atoms with van der Waals surface area (Å²) >= 11 is 0. The first-order valence-corrected chi connectivity index (χ1v) is 5.97. The summed E-state index contributed by atoms with van der Waals surface area (Å²) in [6.07, 6.45) is 3.31. The van der Waals surface area contributed by atoms with Crippen molar-refractivity contribution in [1.29, 1.82) is 0 Å². The Morgan fingerprint density at radius 2 is 2.28 bits per heavy atom. The van der Waals surface area contributed by atoms with Gasteiger partial charge in [0, 0.05) is 19.0 Å². The highest BCUT2D eigenvalue weighted by atomic mass is 16.4. The second kappa shape index (κ2) is 6.14. The van der Waals surface area contributed by atoms with E-state index >= 15 is 0 Å². The van der Waals surface area contributed by atoms with Crippen molar-refractivity contribution in [2.75, 3.05) is 18.0 Å². The maximum absolute atomic E-state index is 11.3. The fourth-order valence-corrected chi connectivity index (χ4v) is 1.61. The van der Waals surface area contributed by atoms with Crippen LogP contribution in [0.2, 0.25) is 0 Å². The van der Waals surface area contributed by atoms with Gasteiger partial charge in [0.05, 0.1) is 11.9 Å². The molecule has 0 saturated heterocycles. The van der Waals surface area contributed by atoms with Gasteiger partial charge in [-0.2, -0.15) is 0 Å². The third kappa shape index (κ3) is 3.06. The number of aromatic carboxylic acids is 1. The Hall–Kier alpha value is -1.91. The Morgan fingerprint density at radius 1 is 1.61 bits per heavy atom. The van der Waals surface area contributed by atoms with Gasteiger partial charge in [0.2, 0.25) is 0 Å². The van der Waals surface area contributed by atoms with Crippen LogP contribution in [-0.4, -0.2) is 34.1 Å². The molecule has 0 saturated carbocycles. The molecular formula is C13H19N3O2. The quantitative estimate of drug-likeness (QED) is 0.784. The molecule has 0 spiro atoms. The number of carboxylic acid groups (broad SMARTS) is 1. The third-order valence-electron chi connectivity index (χ3n) is 2.58. The van der Waals surface area contributed by atoms with Crippen LogP contribution < -0.4 is 4.90 Å². The molecule has 98 valence electrons. The SMILES string of the molecule is C=CCN(CC)c1cnc(C(C)C)nc1C(=O)O.